The van der Waals surface area contributed by atoms with Crippen LogP contribution in [0.2, 0.25) is 0 Å². The van der Waals surface area contributed by atoms with E-state index in [9.17, 15) is 14.4 Å². The Morgan fingerprint density at radius 3 is 2.56 bits per heavy atom. The van der Waals surface area contributed by atoms with Gasteiger partial charge in [0.15, 0.2) is 6.61 Å². The highest BCUT2D eigenvalue weighted by atomic mass is 16.6. The second-order valence-corrected chi connectivity index (χ2v) is 8.57. The van der Waals surface area contributed by atoms with Crippen molar-refractivity contribution in [1.29, 1.82) is 0 Å². The lowest BCUT2D eigenvalue weighted by Gasteiger charge is -2.21. The predicted molar refractivity (Wildman–Crippen MR) is 141 cm³/mol. The quantitative estimate of drug-likeness (QED) is 0.325. The first-order valence-electron chi connectivity index (χ1n) is 12.7. The number of amides is 1. The number of primary amides is 1. The van der Waals surface area contributed by atoms with Gasteiger partial charge in [-0.2, -0.15) is 0 Å². The van der Waals surface area contributed by atoms with Gasteiger partial charge in [0.2, 0.25) is 0 Å². The number of fused-ring (bicyclic) bond motifs is 3. The van der Waals surface area contributed by atoms with E-state index in [4.69, 9.17) is 15.2 Å². The Bertz CT molecular complexity index is 1250. The second kappa shape index (κ2) is 12.4. The normalized spacial score (nSPS) is 14.3. The molecule has 0 fully saturated rings. The Morgan fingerprint density at radius 2 is 1.86 bits per heavy atom. The zero-order chi connectivity index (χ0) is 26.2. The third kappa shape index (κ3) is 5.45. The van der Waals surface area contributed by atoms with Crippen LogP contribution < -0.4 is 10.5 Å². The maximum Gasteiger partial charge on any atom is 0.343 e. The molecule has 1 aromatic heterocycles. The highest BCUT2D eigenvalue weighted by Gasteiger charge is 2.31. The maximum absolute atomic E-state index is 13.1. The molecule has 36 heavy (non-hydrogen) atoms. The predicted octanol–water partition coefficient (Wildman–Crippen LogP) is 4.77. The monoisotopic (exact) mass is 492 g/mol. The minimum absolute atomic E-state index is 0.270. The minimum atomic E-state index is -1.01. The Hall–Kier alpha value is -3.61. The molecule has 7 nitrogen and oxygen atoms in total. The van der Waals surface area contributed by atoms with E-state index in [-0.39, 0.29) is 12.2 Å². The largest absolute Gasteiger partial charge is 0.481 e. The third-order valence-corrected chi connectivity index (χ3v) is 6.47. The molecule has 0 aliphatic heterocycles. The summed E-state index contributed by atoms with van der Waals surface area (Å²) in [5.41, 5.74) is 10.8. The molecule has 2 N–H and O–H groups in total. The number of Topliss-reactive ketones (excluding diaryl/α,β-unsaturated/α-hetero) is 1. The SMILES string of the molecule is CC.CCc1c(C(=O)C(N)=O)c2c(OCC(=O)OC)cc3c(c2n1CC1=CC=CCC=C1)CCCC3. The molecule has 192 valence electrons. The van der Waals surface area contributed by atoms with Gasteiger partial charge in [-0.05, 0) is 61.3 Å². The molecular weight excluding hydrogens is 456 g/mol. The van der Waals surface area contributed by atoms with Crippen LogP contribution in [0.25, 0.3) is 10.9 Å². The summed E-state index contributed by atoms with van der Waals surface area (Å²) < 4.78 is 12.8. The summed E-state index contributed by atoms with van der Waals surface area (Å²) in [6, 6.07) is 1.91. The van der Waals surface area contributed by atoms with Gasteiger partial charge < -0.3 is 19.8 Å². The van der Waals surface area contributed by atoms with Crippen molar-refractivity contribution < 1.29 is 23.9 Å². The van der Waals surface area contributed by atoms with Crippen LogP contribution in [0.4, 0.5) is 0 Å². The molecule has 4 rings (SSSR count). The van der Waals surface area contributed by atoms with Crippen molar-refractivity contribution in [3.63, 3.8) is 0 Å². The van der Waals surface area contributed by atoms with Crippen LogP contribution >= 0.6 is 0 Å². The van der Waals surface area contributed by atoms with Crippen molar-refractivity contribution in [3.8, 4) is 5.75 Å². The number of allylic oxidation sites excluding steroid dienone is 6. The highest BCUT2D eigenvalue weighted by Crippen LogP contribution is 2.41. The molecular formula is C29H36N2O5. The number of ketones is 1. The van der Waals surface area contributed by atoms with Crippen molar-refractivity contribution in [2.24, 2.45) is 5.73 Å². The lowest BCUT2D eigenvalue weighted by atomic mass is 9.88. The summed E-state index contributed by atoms with van der Waals surface area (Å²) in [5.74, 6) is -1.87. The number of ether oxygens (including phenoxy) is 2. The van der Waals surface area contributed by atoms with E-state index < -0.39 is 17.7 Å². The summed E-state index contributed by atoms with van der Waals surface area (Å²) in [4.78, 5) is 37.1. The summed E-state index contributed by atoms with van der Waals surface area (Å²) in [7, 11) is 1.30. The fourth-order valence-corrected chi connectivity index (χ4v) is 4.94. The summed E-state index contributed by atoms with van der Waals surface area (Å²) in [5, 5.41) is 0.555. The van der Waals surface area contributed by atoms with Gasteiger partial charge in [-0.1, -0.05) is 51.2 Å². The first-order chi connectivity index (χ1) is 17.5. The van der Waals surface area contributed by atoms with Crippen molar-refractivity contribution in [2.75, 3.05) is 13.7 Å². The molecule has 0 unspecified atom stereocenters. The van der Waals surface area contributed by atoms with E-state index in [2.05, 4.69) is 28.9 Å². The van der Waals surface area contributed by atoms with Gasteiger partial charge in [0.1, 0.15) is 5.75 Å². The fraction of sp³-hybridized carbons (Fsp3) is 0.414. The van der Waals surface area contributed by atoms with Crippen molar-refractivity contribution in [1.82, 2.24) is 4.57 Å². The molecule has 7 heteroatoms. The molecule has 0 saturated heterocycles. The number of aryl methyl sites for hydroxylation is 2. The lowest BCUT2D eigenvalue weighted by molar-refractivity contribution is -0.142. The molecule has 1 amide bonds. The molecule has 0 radical (unpaired) electrons. The minimum Gasteiger partial charge on any atom is -0.481 e. The van der Waals surface area contributed by atoms with Crippen molar-refractivity contribution in [2.45, 2.75) is 65.8 Å². The van der Waals surface area contributed by atoms with Gasteiger partial charge in [0, 0.05) is 12.2 Å². The first-order valence-corrected chi connectivity index (χ1v) is 12.7. The van der Waals surface area contributed by atoms with Gasteiger partial charge in [-0.3, -0.25) is 9.59 Å². The van der Waals surface area contributed by atoms with Gasteiger partial charge in [0.05, 0.1) is 23.6 Å². The van der Waals surface area contributed by atoms with Gasteiger partial charge >= 0.3 is 5.97 Å². The number of rotatable bonds is 8. The Balaban J connectivity index is 0.00000176. The van der Waals surface area contributed by atoms with Gasteiger partial charge in [0.25, 0.3) is 11.7 Å². The topological polar surface area (TPSA) is 101 Å². The third-order valence-electron chi connectivity index (χ3n) is 6.47. The number of aromatic nitrogens is 1. The molecule has 2 aromatic rings. The van der Waals surface area contributed by atoms with Crippen LogP contribution in [0.15, 0.2) is 42.0 Å². The van der Waals surface area contributed by atoms with Crippen molar-refractivity contribution >= 4 is 28.6 Å². The van der Waals surface area contributed by atoms with Gasteiger partial charge in [-0.25, -0.2) is 4.79 Å². The fourth-order valence-electron chi connectivity index (χ4n) is 4.94. The average Bonchev–Trinajstić information content (AvgIpc) is 3.02. The first kappa shape index (κ1) is 27.0. The van der Waals surface area contributed by atoms with E-state index in [0.29, 0.717) is 24.1 Å². The molecule has 1 heterocycles. The van der Waals surface area contributed by atoms with E-state index >= 15 is 0 Å². The second-order valence-electron chi connectivity index (χ2n) is 8.57. The molecule has 2 aliphatic rings. The van der Waals surface area contributed by atoms with Crippen molar-refractivity contribution in [3.05, 3.63) is 64.4 Å². The maximum atomic E-state index is 13.1. The average molecular weight is 493 g/mol. The van der Waals surface area contributed by atoms with E-state index in [1.807, 2.05) is 32.9 Å². The number of nitrogens with two attached hydrogens (primary N) is 1. The van der Waals surface area contributed by atoms with E-state index in [1.54, 1.807) is 0 Å². The standard InChI is InChI=1S/C27H30N2O5.C2H6/c1-3-20-23(26(31)27(28)32)24-21(34-16-22(30)33-2)14-18-12-8-9-13-19(18)25(24)29(20)15-17-10-6-4-5-7-11-17;1-2/h4,6-7,10-11,14H,3,5,8-9,12-13,15-16H2,1-2H3,(H2,28,32);1-2H3. The summed E-state index contributed by atoms with van der Waals surface area (Å²) >= 11 is 0. The molecule has 2 aliphatic carbocycles. The number of methoxy groups -OCH3 is 1. The molecule has 0 atom stereocenters. The Labute approximate surface area is 212 Å². The summed E-state index contributed by atoms with van der Waals surface area (Å²) in [6.45, 7) is 6.21. The Kier molecular flexibility index (Phi) is 9.28. The zero-order valence-corrected chi connectivity index (χ0v) is 21.7. The van der Waals surface area contributed by atoms with E-state index in [1.165, 1.54) is 12.7 Å². The number of carbonyl (C=O) groups is 3. The van der Waals surface area contributed by atoms with Crippen LogP contribution in [-0.2, 0) is 40.1 Å². The number of hydrogen-bond acceptors (Lipinski definition) is 5. The van der Waals surface area contributed by atoms with Crippen LogP contribution in [0, 0.1) is 0 Å². The lowest BCUT2D eigenvalue weighted by Crippen LogP contribution is -2.24. The molecule has 0 bridgehead atoms. The number of carbonyl (C=O) groups excluding carboxylic acids is 3. The number of esters is 1. The highest BCUT2D eigenvalue weighted by molar-refractivity contribution is 6.45. The zero-order valence-electron chi connectivity index (χ0n) is 21.7. The van der Waals surface area contributed by atoms with E-state index in [0.717, 1.165) is 54.5 Å². The van der Waals surface area contributed by atoms with Crippen LogP contribution in [0.1, 0.15) is 67.2 Å². The Morgan fingerprint density at radius 1 is 1.11 bits per heavy atom. The van der Waals surface area contributed by atoms with Crippen LogP contribution in [0.5, 0.6) is 5.75 Å². The molecule has 0 saturated carbocycles. The molecule has 1 aromatic carbocycles. The number of benzene rings is 1. The summed E-state index contributed by atoms with van der Waals surface area (Å²) in [6.07, 6.45) is 15.6. The smallest absolute Gasteiger partial charge is 0.343 e. The number of nitrogens with zero attached hydrogens (tertiary/aromatic N) is 1. The molecule has 0 spiro atoms. The van der Waals surface area contributed by atoms with Crippen LogP contribution in [0.3, 0.4) is 0 Å². The number of hydrogen-bond donors (Lipinski definition) is 1. The van der Waals surface area contributed by atoms with Crippen LogP contribution in [-0.4, -0.2) is 35.9 Å². The van der Waals surface area contributed by atoms with Gasteiger partial charge in [-0.15, -0.1) is 0 Å².